The third-order valence-electron chi connectivity index (χ3n) is 4.23. The first-order valence-corrected chi connectivity index (χ1v) is 6.92. The van der Waals surface area contributed by atoms with Crippen LogP contribution in [0.4, 0.5) is 0 Å². The Morgan fingerprint density at radius 3 is 2.83 bits per heavy atom. The van der Waals surface area contributed by atoms with Gasteiger partial charge in [0.15, 0.2) is 0 Å². The van der Waals surface area contributed by atoms with Crippen molar-refractivity contribution in [2.75, 3.05) is 13.2 Å². The number of nitrogens with one attached hydrogen (secondary N) is 1. The molecule has 5 nitrogen and oxygen atoms in total. The zero-order valence-electron chi connectivity index (χ0n) is 10.6. The number of carbonyl (C=O) groups excluding carboxylic acids is 2. The summed E-state index contributed by atoms with van der Waals surface area (Å²) in [6, 6.07) is 0.616. The van der Waals surface area contributed by atoms with E-state index in [-0.39, 0.29) is 29.9 Å². The van der Waals surface area contributed by atoms with Gasteiger partial charge in [-0.15, -0.1) is 0 Å². The van der Waals surface area contributed by atoms with Gasteiger partial charge >= 0.3 is 0 Å². The van der Waals surface area contributed by atoms with Gasteiger partial charge in [0.05, 0.1) is 25.3 Å². The first kappa shape index (κ1) is 12.0. The third-order valence-corrected chi connectivity index (χ3v) is 4.23. The average molecular weight is 252 g/mol. The van der Waals surface area contributed by atoms with Crippen LogP contribution in [0.25, 0.3) is 0 Å². The number of amides is 2. The Morgan fingerprint density at radius 1 is 1.33 bits per heavy atom. The highest BCUT2D eigenvalue weighted by atomic mass is 16.5. The molecule has 3 heterocycles. The van der Waals surface area contributed by atoms with E-state index >= 15 is 0 Å². The second-order valence-electron chi connectivity index (χ2n) is 5.60. The normalized spacial score (nSPS) is 35.4. The van der Waals surface area contributed by atoms with E-state index < -0.39 is 0 Å². The summed E-state index contributed by atoms with van der Waals surface area (Å²) >= 11 is 0. The van der Waals surface area contributed by atoms with Crippen molar-refractivity contribution < 1.29 is 14.3 Å². The molecular weight excluding hydrogens is 232 g/mol. The van der Waals surface area contributed by atoms with E-state index in [4.69, 9.17) is 4.74 Å². The minimum Gasteiger partial charge on any atom is -0.377 e. The standard InChI is InChI=1S/C13H20N2O3/c16-12-4-2-1-3-9(14-12)5-13(17)15-10-6-11(15)8-18-7-10/h9-11H,1-8H2,(H,14,16). The van der Waals surface area contributed by atoms with E-state index in [0.717, 1.165) is 25.7 Å². The van der Waals surface area contributed by atoms with Crippen LogP contribution in [0.15, 0.2) is 0 Å². The lowest BCUT2D eigenvalue weighted by Crippen LogP contribution is -2.66. The zero-order chi connectivity index (χ0) is 12.5. The first-order valence-electron chi connectivity index (χ1n) is 6.92. The van der Waals surface area contributed by atoms with Crippen LogP contribution >= 0.6 is 0 Å². The van der Waals surface area contributed by atoms with Crippen molar-refractivity contribution in [3.05, 3.63) is 0 Å². The van der Waals surface area contributed by atoms with Crippen molar-refractivity contribution in [3.63, 3.8) is 0 Å². The fourth-order valence-electron chi connectivity index (χ4n) is 3.26. The van der Waals surface area contributed by atoms with Crippen LogP contribution in [0.3, 0.4) is 0 Å². The number of carbonyl (C=O) groups is 2. The van der Waals surface area contributed by atoms with Crippen LogP contribution in [-0.4, -0.2) is 48.1 Å². The molecule has 5 heteroatoms. The van der Waals surface area contributed by atoms with Crippen molar-refractivity contribution in [2.24, 2.45) is 0 Å². The largest absolute Gasteiger partial charge is 0.377 e. The number of hydrogen-bond acceptors (Lipinski definition) is 3. The molecule has 3 atom stereocenters. The molecule has 2 bridgehead atoms. The summed E-state index contributed by atoms with van der Waals surface area (Å²) in [5, 5.41) is 2.96. The maximum atomic E-state index is 12.2. The van der Waals surface area contributed by atoms with Gasteiger partial charge in [0.1, 0.15) is 0 Å². The van der Waals surface area contributed by atoms with Crippen LogP contribution in [0.2, 0.25) is 0 Å². The molecule has 3 aliphatic rings. The van der Waals surface area contributed by atoms with Gasteiger partial charge < -0.3 is 15.0 Å². The van der Waals surface area contributed by atoms with E-state index in [1.54, 1.807) is 0 Å². The van der Waals surface area contributed by atoms with E-state index in [1.165, 1.54) is 0 Å². The predicted octanol–water partition coefficient (Wildman–Crippen LogP) is 0.435. The molecule has 1 N–H and O–H groups in total. The number of ether oxygens (including phenoxy) is 1. The lowest BCUT2D eigenvalue weighted by molar-refractivity contribution is -0.167. The van der Waals surface area contributed by atoms with Crippen molar-refractivity contribution in [3.8, 4) is 0 Å². The Hall–Kier alpha value is -1.10. The molecule has 3 saturated heterocycles. The van der Waals surface area contributed by atoms with Crippen molar-refractivity contribution >= 4 is 11.8 Å². The fraction of sp³-hybridized carbons (Fsp3) is 0.846. The summed E-state index contributed by atoms with van der Waals surface area (Å²) in [6.07, 6.45) is 5.05. The third kappa shape index (κ3) is 2.23. The molecular formula is C13H20N2O3. The van der Waals surface area contributed by atoms with Gasteiger partial charge in [0.25, 0.3) is 0 Å². The van der Waals surface area contributed by atoms with Gasteiger partial charge in [-0.25, -0.2) is 0 Å². The highest BCUT2D eigenvalue weighted by Crippen LogP contribution is 2.31. The Morgan fingerprint density at radius 2 is 2.11 bits per heavy atom. The molecule has 0 saturated carbocycles. The van der Waals surface area contributed by atoms with Crippen molar-refractivity contribution in [1.29, 1.82) is 0 Å². The highest BCUT2D eigenvalue weighted by Gasteiger charge is 2.45. The molecule has 3 aliphatic heterocycles. The Kier molecular flexibility index (Phi) is 3.24. The maximum Gasteiger partial charge on any atom is 0.225 e. The minimum atomic E-state index is 0.0368. The minimum absolute atomic E-state index is 0.0368. The van der Waals surface area contributed by atoms with Crippen molar-refractivity contribution in [2.45, 2.75) is 56.7 Å². The van der Waals surface area contributed by atoms with E-state index in [2.05, 4.69) is 5.32 Å². The Balaban J connectivity index is 1.55. The summed E-state index contributed by atoms with van der Waals surface area (Å²) in [4.78, 5) is 25.7. The number of hydrogen-bond donors (Lipinski definition) is 1. The van der Waals surface area contributed by atoms with Crippen LogP contribution in [0.1, 0.15) is 38.5 Å². The fourth-order valence-corrected chi connectivity index (χ4v) is 3.26. The lowest BCUT2D eigenvalue weighted by Gasteiger charge is -2.52. The zero-order valence-corrected chi connectivity index (χ0v) is 10.6. The van der Waals surface area contributed by atoms with Crippen LogP contribution < -0.4 is 5.32 Å². The second-order valence-corrected chi connectivity index (χ2v) is 5.60. The molecule has 2 amide bonds. The van der Waals surface area contributed by atoms with Gasteiger partial charge in [-0.1, -0.05) is 6.42 Å². The van der Waals surface area contributed by atoms with E-state index in [1.807, 2.05) is 4.90 Å². The van der Waals surface area contributed by atoms with Gasteiger partial charge in [-0.3, -0.25) is 9.59 Å². The van der Waals surface area contributed by atoms with Crippen molar-refractivity contribution in [1.82, 2.24) is 10.2 Å². The molecule has 0 spiro atoms. The maximum absolute atomic E-state index is 12.2. The smallest absolute Gasteiger partial charge is 0.225 e. The summed E-state index contributed by atoms with van der Waals surface area (Å²) in [7, 11) is 0. The van der Waals surface area contributed by atoms with Gasteiger partial charge in [-0.2, -0.15) is 0 Å². The van der Waals surface area contributed by atoms with Gasteiger partial charge in [-0.05, 0) is 19.3 Å². The molecule has 0 aromatic rings. The van der Waals surface area contributed by atoms with Crippen LogP contribution in [0, 0.1) is 0 Å². The molecule has 3 fully saturated rings. The molecule has 3 rings (SSSR count). The molecule has 100 valence electrons. The van der Waals surface area contributed by atoms with E-state index in [9.17, 15) is 9.59 Å². The van der Waals surface area contributed by atoms with Crippen LogP contribution in [0.5, 0.6) is 0 Å². The van der Waals surface area contributed by atoms with Gasteiger partial charge in [0, 0.05) is 18.9 Å². The molecule has 0 aromatic carbocycles. The monoisotopic (exact) mass is 252 g/mol. The number of nitrogens with zero attached hydrogens (tertiary/aromatic N) is 1. The predicted molar refractivity (Wildman–Crippen MR) is 64.9 cm³/mol. The Labute approximate surface area is 107 Å². The Bertz CT molecular complexity index is 344. The summed E-state index contributed by atoms with van der Waals surface area (Å²) in [5.41, 5.74) is 0. The van der Waals surface area contributed by atoms with E-state index in [0.29, 0.717) is 26.1 Å². The average Bonchev–Trinajstić information content (AvgIpc) is 2.54. The second kappa shape index (κ2) is 4.88. The highest BCUT2D eigenvalue weighted by molar-refractivity contribution is 5.81. The molecule has 0 radical (unpaired) electrons. The van der Waals surface area contributed by atoms with Gasteiger partial charge in [0.2, 0.25) is 11.8 Å². The lowest BCUT2D eigenvalue weighted by atomic mass is 9.90. The summed E-state index contributed by atoms with van der Waals surface area (Å²) < 4.78 is 5.38. The first-order chi connectivity index (χ1) is 8.74. The number of rotatable bonds is 2. The number of fused-ring (bicyclic) bond motifs is 2. The molecule has 0 aliphatic carbocycles. The quantitative estimate of drug-likeness (QED) is 0.775. The molecule has 3 unspecified atom stereocenters. The SMILES string of the molecule is O=C1CCCCC(CC(=O)N2C3COCC2C3)N1. The molecule has 18 heavy (non-hydrogen) atoms. The van der Waals surface area contributed by atoms with Crippen LogP contribution in [-0.2, 0) is 14.3 Å². The number of morpholine rings is 1. The summed E-state index contributed by atoms with van der Waals surface area (Å²) in [5.74, 6) is 0.282. The topological polar surface area (TPSA) is 58.6 Å². The summed E-state index contributed by atoms with van der Waals surface area (Å²) in [6.45, 7) is 1.36. The molecule has 0 aromatic heterocycles.